The highest BCUT2D eigenvalue weighted by molar-refractivity contribution is 6.35. The van der Waals surface area contributed by atoms with Crippen LogP contribution in [0.25, 0.3) is 0 Å². The standard InChI is InChI=1S/C27H20Cl2F3NO7/c28-18-9-17(10-19(29)11-18)22(34)12-21(14-5-7-20(8-6-14)40-27(30,31)32)24(36)15-1-3-16(4-2-15)25(37)33-13-23(35)26(38)39/h1-11,21,23,35H,12-13H2,(H,33,37)(H,38,39). The number of ketones is 2. The van der Waals surface area contributed by atoms with Crippen LogP contribution in [0.1, 0.15) is 49.0 Å². The molecule has 13 heteroatoms. The van der Waals surface area contributed by atoms with Gasteiger partial charge in [0.2, 0.25) is 0 Å². The van der Waals surface area contributed by atoms with E-state index in [9.17, 15) is 37.5 Å². The minimum atomic E-state index is -4.92. The predicted octanol–water partition coefficient (Wildman–Crippen LogP) is 5.31. The molecule has 2 unspecified atom stereocenters. The maximum atomic E-state index is 13.5. The summed E-state index contributed by atoms with van der Waals surface area (Å²) in [5.74, 6) is -4.95. The number of hydrogen-bond donors (Lipinski definition) is 3. The van der Waals surface area contributed by atoms with Crippen LogP contribution in [-0.2, 0) is 4.79 Å². The molecule has 210 valence electrons. The van der Waals surface area contributed by atoms with Crippen LogP contribution in [0.4, 0.5) is 13.2 Å². The molecular formula is C27H20Cl2F3NO7. The molecule has 40 heavy (non-hydrogen) atoms. The van der Waals surface area contributed by atoms with Gasteiger partial charge in [-0.25, -0.2) is 4.79 Å². The third-order valence-corrected chi connectivity index (χ3v) is 6.02. The van der Waals surface area contributed by atoms with E-state index in [0.29, 0.717) is 0 Å². The lowest BCUT2D eigenvalue weighted by Gasteiger charge is -2.17. The first-order valence-corrected chi connectivity index (χ1v) is 12.2. The van der Waals surface area contributed by atoms with Gasteiger partial charge in [0.15, 0.2) is 17.7 Å². The van der Waals surface area contributed by atoms with Crippen molar-refractivity contribution in [2.24, 2.45) is 0 Å². The number of halogens is 5. The second kappa shape index (κ2) is 12.9. The summed E-state index contributed by atoms with van der Waals surface area (Å²) in [7, 11) is 0. The van der Waals surface area contributed by atoms with E-state index >= 15 is 0 Å². The first-order valence-electron chi connectivity index (χ1n) is 11.4. The van der Waals surface area contributed by atoms with Crippen LogP contribution in [0.5, 0.6) is 5.75 Å². The van der Waals surface area contributed by atoms with Gasteiger partial charge in [-0.3, -0.25) is 14.4 Å². The number of carboxylic acids is 1. The monoisotopic (exact) mass is 597 g/mol. The highest BCUT2D eigenvalue weighted by Crippen LogP contribution is 2.31. The van der Waals surface area contributed by atoms with Gasteiger partial charge in [0, 0.05) is 33.2 Å². The third-order valence-electron chi connectivity index (χ3n) is 5.58. The lowest BCUT2D eigenvalue weighted by molar-refractivity contribution is -0.274. The van der Waals surface area contributed by atoms with Crippen molar-refractivity contribution in [1.82, 2.24) is 5.32 Å². The smallest absolute Gasteiger partial charge is 0.479 e. The van der Waals surface area contributed by atoms with Gasteiger partial charge in [0.1, 0.15) is 5.75 Å². The lowest BCUT2D eigenvalue weighted by Crippen LogP contribution is -2.36. The van der Waals surface area contributed by atoms with Crippen LogP contribution in [0.2, 0.25) is 10.0 Å². The van der Waals surface area contributed by atoms with Gasteiger partial charge in [0.25, 0.3) is 5.91 Å². The highest BCUT2D eigenvalue weighted by atomic mass is 35.5. The number of ether oxygens (including phenoxy) is 1. The number of benzene rings is 3. The molecule has 0 saturated carbocycles. The average molecular weight is 598 g/mol. The Morgan fingerprint density at radius 1 is 0.850 bits per heavy atom. The molecule has 0 saturated heterocycles. The molecule has 3 aromatic rings. The van der Waals surface area contributed by atoms with Crippen molar-refractivity contribution in [2.45, 2.75) is 24.8 Å². The molecule has 0 aliphatic carbocycles. The quantitative estimate of drug-likeness (QED) is 0.255. The van der Waals surface area contributed by atoms with Crippen LogP contribution in [0, 0.1) is 0 Å². The number of nitrogens with one attached hydrogen (secondary N) is 1. The summed E-state index contributed by atoms with van der Waals surface area (Å²) >= 11 is 12.0. The Labute approximate surface area is 235 Å². The second-order valence-electron chi connectivity index (χ2n) is 8.46. The number of aliphatic carboxylic acids is 1. The lowest BCUT2D eigenvalue weighted by atomic mass is 9.85. The number of alkyl halides is 3. The van der Waals surface area contributed by atoms with E-state index in [1.54, 1.807) is 0 Å². The fourth-order valence-electron chi connectivity index (χ4n) is 3.65. The maximum absolute atomic E-state index is 13.5. The molecule has 2 atom stereocenters. The van der Waals surface area contributed by atoms with Crippen LogP contribution in [0.15, 0.2) is 66.7 Å². The van der Waals surface area contributed by atoms with Crippen LogP contribution in [-0.4, -0.2) is 52.7 Å². The predicted molar refractivity (Wildman–Crippen MR) is 138 cm³/mol. The summed E-state index contributed by atoms with van der Waals surface area (Å²) in [6.45, 7) is -0.541. The number of aliphatic hydroxyl groups is 1. The Kier molecular flexibility index (Phi) is 9.91. The minimum Gasteiger partial charge on any atom is -0.479 e. The summed E-state index contributed by atoms with van der Waals surface area (Å²) in [6.07, 6.45) is -7.10. The third kappa shape index (κ3) is 8.54. The fraction of sp³-hybridized carbons (Fsp3) is 0.185. The Hall–Kier alpha value is -3.93. The van der Waals surface area contributed by atoms with Gasteiger partial charge in [0.05, 0.1) is 12.5 Å². The van der Waals surface area contributed by atoms with E-state index in [1.165, 1.54) is 54.6 Å². The van der Waals surface area contributed by atoms with E-state index < -0.39 is 54.1 Å². The molecule has 0 heterocycles. The van der Waals surface area contributed by atoms with E-state index in [1.807, 2.05) is 0 Å². The second-order valence-corrected chi connectivity index (χ2v) is 9.33. The molecule has 1 amide bonds. The van der Waals surface area contributed by atoms with Gasteiger partial charge in [-0.2, -0.15) is 0 Å². The molecule has 0 bridgehead atoms. The Morgan fingerprint density at radius 2 is 1.40 bits per heavy atom. The summed E-state index contributed by atoms with van der Waals surface area (Å²) < 4.78 is 41.6. The minimum absolute atomic E-state index is 0.0592. The molecule has 0 aliphatic rings. The molecule has 3 N–H and O–H groups in total. The number of carboxylic acid groups (broad SMARTS) is 1. The first kappa shape index (κ1) is 30.6. The van der Waals surface area contributed by atoms with Crippen molar-refractivity contribution in [3.8, 4) is 5.75 Å². The van der Waals surface area contributed by atoms with Crippen molar-refractivity contribution in [1.29, 1.82) is 0 Å². The molecule has 3 aromatic carbocycles. The highest BCUT2D eigenvalue weighted by Gasteiger charge is 2.31. The van der Waals surface area contributed by atoms with Crippen molar-refractivity contribution in [3.63, 3.8) is 0 Å². The summed E-state index contributed by atoms with van der Waals surface area (Å²) in [6, 6.07) is 13.8. The molecule has 0 radical (unpaired) electrons. The number of Topliss-reactive ketones (excluding diaryl/α,β-unsaturated/α-hetero) is 2. The molecule has 0 aliphatic heterocycles. The molecule has 3 rings (SSSR count). The van der Waals surface area contributed by atoms with Gasteiger partial charge in [-0.05, 0) is 48.0 Å². The van der Waals surface area contributed by atoms with E-state index in [0.717, 1.165) is 12.1 Å². The van der Waals surface area contributed by atoms with E-state index in [-0.39, 0.29) is 38.7 Å². The Balaban J connectivity index is 1.87. The Bertz CT molecular complexity index is 1390. The SMILES string of the molecule is O=C(CC(C(=O)c1ccc(C(=O)NCC(O)C(=O)O)cc1)c1ccc(OC(F)(F)F)cc1)c1cc(Cl)cc(Cl)c1. The zero-order chi connectivity index (χ0) is 29.6. The fourth-order valence-corrected chi connectivity index (χ4v) is 4.17. The maximum Gasteiger partial charge on any atom is 0.573 e. The Morgan fingerprint density at radius 3 is 1.93 bits per heavy atom. The largest absolute Gasteiger partial charge is 0.573 e. The van der Waals surface area contributed by atoms with Gasteiger partial charge in [-0.15, -0.1) is 13.2 Å². The zero-order valence-corrected chi connectivity index (χ0v) is 21.8. The van der Waals surface area contributed by atoms with Gasteiger partial charge in [-0.1, -0.05) is 47.5 Å². The molecule has 0 aromatic heterocycles. The van der Waals surface area contributed by atoms with E-state index in [2.05, 4.69) is 10.1 Å². The molecule has 0 fully saturated rings. The number of carbonyl (C=O) groups excluding carboxylic acids is 3. The van der Waals surface area contributed by atoms with E-state index in [4.69, 9.17) is 28.3 Å². The number of carbonyl (C=O) groups is 4. The summed E-state index contributed by atoms with van der Waals surface area (Å²) in [5.41, 5.74) is 0.497. The molecule has 0 spiro atoms. The van der Waals surface area contributed by atoms with Crippen molar-refractivity contribution < 1.29 is 47.3 Å². The number of hydrogen-bond acceptors (Lipinski definition) is 6. The summed E-state index contributed by atoms with van der Waals surface area (Å²) in [4.78, 5) is 49.5. The molecular weight excluding hydrogens is 578 g/mol. The number of amides is 1. The summed E-state index contributed by atoms with van der Waals surface area (Å²) in [5, 5.41) is 20.6. The first-order chi connectivity index (χ1) is 18.7. The van der Waals surface area contributed by atoms with Crippen LogP contribution in [0.3, 0.4) is 0 Å². The average Bonchev–Trinajstić information content (AvgIpc) is 2.88. The van der Waals surface area contributed by atoms with Crippen LogP contribution < -0.4 is 10.1 Å². The van der Waals surface area contributed by atoms with Gasteiger partial charge < -0.3 is 20.3 Å². The van der Waals surface area contributed by atoms with Gasteiger partial charge >= 0.3 is 12.3 Å². The topological polar surface area (TPSA) is 130 Å². The number of rotatable bonds is 11. The van der Waals surface area contributed by atoms with Crippen molar-refractivity contribution in [3.05, 3.63) is 99.0 Å². The normalized spacial score (nSPS) is 12.8. The van der Waals surface area contributed by atoms with Crippen molar-refractivity contribution >= 4 is 46.6 Å². The molecule has 8 nitrogen and oxygen atoms in total. The van der Waals surface area contributed by atoms with Crippen LogP contribution >= 0.6 is 23.2 Å². The number of aliphatic hydroxyl groups excluding tert-OH is 1. The zero-order valence-electron chi connectivity index (χ0n) is 20.2. The van der Waals surface area contributed by atoms with Crippen molar-refractivity contribution in [2.75, 3.05) is 6.54 Å².